The third-order valence-corrected chi connectivity index (χ3v) is 2.87. The zero-order valence-electron chi connectivity index (χ0n) is 8.52. The summed E-state index contributed by atoms with van der Waals surface area (Å²) in [6.07, 6.45) is 3.36. The summed E-state index contributed by atoms with van der Waals surface area (Å²) in [4.78, 5) is 0. The van der Waals surface area contributed by atoms with Crippen molar-refractivity contribution >= 4 is 0 Å². The summed E-state index contributed by atoms with van der Waals surface area (Å²) in [5, 5.41) is 3.44. The quantitative estimate of drug-likeness (QED) is 0.761. The molecule has 1 nitrogen and oxygen atoms in total. The first-order chi connectivity index (χ1) is 6.81. The lowest BCUT2D eigenvalue weighted by Crippen LogP contribution is -2.24. The lowest BCUT2D eigenvalue weighted by atomic mass is 9.87. The predicted octanol–water partition coefficient (Wildman–Crippen LogP) is 2.81. The van der Waals surface area contributed by atoms with E-state index in [-0.39, 0.29) is 5.82 Å². The van der Waals surface area contributed by atoms with Crippen LogP contribution in [0.25, 0.3) is 0 Å². The lowest BCUT2D eigenvalue weighted by molar-refractivity contribution is 0.469. The van der Waals surface area contributed by atoms with E-state index in [2.05, 4.69) is 12.2 Å². The van der Waals surface area contributed by atoms with E-state index in [1.165, 1.54) is 17.5 Å². The molecule has 0 radical (unpaired) electrons. The highest BCUT2D eigenvalue weighted by Crippen LogP contribution is 2.29. The number of rotatable bonds is 2. The maximum atomic E-state index is 13.0. The smallest absolute Gasteiger partial charge is 0.123 e. The molecule has 0 aliphatic heterocycles. The van der Waals surface area contributed by atoms with E-state index in [1.807, 2.05) is 6.07 Å². The second-order valence-electron chi connectivity index (χ2n) is 3.85. The van der Waals surface area contributed by atoms with E-state index in [1.54, 1.807) is 12.1 Å². The summed E-state index contributed by atoms with van der Waals surface area (Å²) in [5.74, 6) is -0.110. The summed E-state index contributed by atoms with van der Waals surface area (Å²) in [6, 6.07) is 5.61. The fourth-order valence-electron chi connectivity index (χ4n) is 2.24. The number of benzene rings is 1. The van der Waals surface area contributed by atoms with Crippen molar-refractivity contribution < 1.29 is 4.39 Å². The van der Waals surface area contributed by atoms with E-state index in [4.69, 9.17) is 0 Å². The number of aryl methyl sites for hydroxylation is 1. The molecule has 2 rings (SSSR count). The van der Waals surface area contributed by atoms with Crippen LogP contribution in [0.1, 0.15) is 36.9 Å². The van der Waals surface area contributed by atoms with Crippen molar-refractivity contribution in [3.63, 3.8) is 0 Å². The molecule has 0 aromatic heterocycles. The van der Waals surface area contributed by atoms with E-state index < -0.39 is 0 Å². The van der Waals surface area contributed by atoms with Crippen LogP contribution in [0.5, 0.6) is 0 Å². The van der Waals surface area contributed by atoms with Gasteiger partial charge in [0.25, 0.3) is 0 Å². The second-order valence-corrected chi connectivity index (χ2v) is 3.85. The number of hydrogen-bond donors (Lipinski definition) is 1. The first-order valence-electron chi connectivity index (χ1n) is 5.33. The third-order valence-electron chi connectivity index (χ3n) is 2.87. The highest BCUT2D eigenvalue weighted by Gasteiger charge is 2.19. The van der Waals surface area contributed by atoms with Gasteiger partial charge in [-0.1, -0.05) is 13.0 Å². The minimum Gasteiger partial charge on any atom is -0.310 e. The minimum absolute atomic E-state index is 0.110. The maximum absolute atomic E-state index is 13.0. The molecule has 0 heterocycles. The molecule has 0 bridgehead atoms. The summed E-state index contributed by atoms with van der Waals surface area (Å²) < 4.78 is 13.0. The van der Waals surface area contributed by atoms with Gasteiger partial charge < -0.3 is 5.32 Å². The molecule has 14 heavy (non-hydrogen) atoms. The number of nitrogens with one attached hydrogen (secondary N) is 1. The maximum Gasteiger partial charge on any atom is 0.123 e. The average molecular weight is 193 g/mol. The van der Waals surface area contributed by atoms with Crippen LogP contribution in [-0.2, 0) is 6.42 Å². The van der Waals surface area contributed by atoms with Gasteiger partial charge in [0.2, 0.25) is 0 Å². The molecule has 1 N–H and O–H groups in total. The molecular formula is C12H16FN. The van der Waals surface area contributed by atoms with Crippen LogP contribution in [0.15, 0.2) is 18.2 Å². The molecule has 0 amide bonds. The first kappa shape index (κ1) is 9.66. The molecule has 2 heteroatoms. The predicted molar refractivity (Wildman–Crippen MR) is 55.8 cm³/mol. The molecule has 1 aromatic carbocycles. The molecule has 0 saturated heterocycles. The Balaban J connectivity index is 2.30. The standard InChI is InChI=1S/C12H16FN/c1-2-14-12-5-3-4-9-8-10(13)6-7-11(9)12/h6-8,12,14H,2-5H2,1H3. The second kappa shape index (κ2) is 4.09. The molecule has 0 saturated carbocycles. The molecule has 1 aliphatic carbocycles. The zero-order valence-corrected chi connectivity index (χ0v) is 8.52. The first-order valence-corrected chi connectivity index (χ1v) is 5.33. The minimum atomic E-state index is -0.110. The van der Waals surface area contributed by atoms with Gasteiger partial charge in [0, 0.05) is 6.04 Å². The monoisotopic (exact) mass is 193 g/mol. The van der Waals surface area contributed by atoms with Gasteiger partial charge in [0.1, 0.15) is 5.82 Å². The number of hydrogen-bond acceptors (Lipinski definition) is 1. The van der Waals surface area contributed by atoms with E-state index in [9.17, 15) is 4.39 Å². The van der Waals surface area contributed by atoms with Gasteiger partial charge in [-0.3, -0.25) is 0 Å². The Labute approximate surface area is 84.3 Å². The molecule has 76 valence electrons. The third kappa shape index (κ3) is 1.80. The van der Waals surface area contributed by atoms with Crippen LogP contribution in [0.3, 0.4) is 0 Å². The Morgan fingerprint density at radius 3 is 3.14 bits per heavy atom. The van der Waals surface area contributed by atoms with Gasteiger partial charge in [0.05, 0.1) is 0 Å². The lowest BCUT2D eigenvalue weighted by Gasteiger charge is -2.26. The van der Waals surface area contributed by atoms with Crippen molar-refractivity contribution in [2.75, 3.05) is 6.54 Å². The van der Waals surface area contributed by atoms with Crippen molar-refractivity contribution in [3.05, 3.63) is 35.1 Å². The topological polar surface area (TPSA) is 12.0 Å². The Kier molecular flexibility index (Phi) is 2.82. The average Bonchev–Trinajstić information content (AvgIpc) is 2.18. The fraction of sp³-hybridized carbons (Fsp3) is 0.500. The van der Waals surface area contributed by atoms with Crippen LogP contribution in [0.4, 0.5) is 4.39 Å². The Bertz CT molecular complexity index is 322. The summed E-state index contributed by atoms with van der Waals surface area (Å²) in [7, 11) is 0. The van der Waals surface area contributed by atoms with Crippen LogP contribution >= 0.6 is 0 Å². The number of halogens is 1. The van der Waals surface area contributed by atoms with E-state index >= 15 is 0 Å². The zero-order chi connectivity index (χ0) is 9.97. The van der Waals surface area contributed by atoms with Crippen LogP contribution < -0.4 is 5.32 Å². The normalized spacial score (nSPS) is 20.6. The van der Waals surface area contributed by atoms with E-state index in [0.717, 1.165) is 19.4 Å². The van der Waals surface area contributed by atoms with Gasteiger partial charge in [-0.15, -0.1) is 0 Å². The van der Waals surface area contributed by atoms with Gasteiger partial charge >= 0.3 is 0 Å². The molecule has 0 spiro atoms. The SMILES string of the molecule is CCNC1CCCc2cc(F)ccc21. The van der Waals surface area contributed by atoms with Crippen molar-refractivity contribution in [1.82, 2.24) is 5.32 Å². The highest BCUT2D eigenvalue weighted by molar-refractivity contribution is 5.32. The van der Waals surface area contributed by atoms with Gasteiger partial charge in [0.15, 0.2) is 0 Å². The Hall–Kier alpha value is -0.890. The molecule has 1 atom stereocenters. The largest absolute Gasteiger partial charge is 0.310 e. The van der Waals surface area contributed by atoms with Gasteiger partial charge in [-0.2, -0.15) is 0 Å². The molecule has 1 unspecified atom stereocenters. The number of fused-ring (bicyclic) bond motifs is 1. The molecule has 1 aliphatic rings. The van der Waals surface area contributed by atoms with Crippen molar-refractivity contribution in [1.29, 1.82) is 0 Å². The van der Waals surface area contributed by atoms with Gasteiger partial charge in [-0.05, 0) is 49.1 Å². The van der Waals surface area contributed by atoms with E-state index in [0.29, 0.717) is 6.04 Å². The van der Waals surface area contributed by atoms with Gasteiger partial charge in [-0.25, -0.2) is 4.39 Å². The summed E-state index contributed by atoms with van der Waals surface area (Å²) >= 11 is 0. The Morgan fingerprint density at radius 1 is 1.50 bits per heavy atom. The van der Waals surface area contributed by atoms with Crippen molar-refractivity contribution in [3.8, 4) is 0 Å². The van der Waals surface area contributed by atoms with Crippen LogP contribution in [0, 0.1) is 5.82 Å². The van der Waals surface area contributed by atoms with Crippen molar-refractivity contribution in [2.24, 2.45) is 0 Å². The Morgan fingerprint density at radius 2 is 2.36 bits per heavy atom. The summed E-state index contributed by atoms with van der Waals surface area (Å²) in [6.45, 7) is 3.08. The fourth-order valence-corrected chi connectivity index (χ4v) is 2.24. The molecular weight excluding hydrogens is 177 g/mol. The molecule has 1 aromatic rings. The summed E-state index contributed by atoms with van der Waals surface area (Å²) in [5.41, 5.74) is 2.47. The van der Waals surface area contributed by atoms with Crippen LogP contribution in [0.2, 0.25) is 0 Å². The van der Waals surface area contributed by atoms with Crippen molar-refractivity contribution in [2.45, 2.75) is 32.2 Å². The van der Waals surface area contributed by atoms with Crippen LogP contribution in [-0.4, -0.2) is 6.54 Å². The highest BCUT2D eigenvalue weighted by atomic mass is 19.1. The molecule has 0 fully saturated rings.